The highest BCUT2D eigenvalue weighted by Crippen LogP contribution is 2.38. The number of ketones is 1. The molecule has 178 valence electrons. The van der Waals surface area contributed by atoms with Crippen molar-refractivity contribution < 1.29 is 19.4 Å². The van der Waals surface area contributed by atoms with Crippen molar-refractivity contribution in [3.63, 3.8) is 0 Å². The minimum Gasteiger partial charge on any atom is -0.467 e. The van der Waals surface area contributed by atoms with E-state index in [0.717, 1.165) is 13.0 Å². The maximum Gasteiger partial charge on any atom is 0.334 e. The van der Waals surface area contributed by atoms with Crippen molar-refractivity contribution in [1.29, 1.82) is 0 Å². The van der Waals surface area contributed by atoms with Crippen LogP contribution in [0.4, 0.5) is 0 Å². The van der Waals surface area contributed by atoms with E-state index >= 15 is 0 Å². The molecular formula is C26H45NO4. The quantitative estimate of drug-likeness (QED) is 0.229. The van der Waals surface area contributed by atoms with E-state index in [1.807, 2.05) is 12.2 Å². The van der Waals surface area contributed by atoms with Gasteiger partial charge < -0.3 is 15.2 Å². The molecule has 1 aliphatic carbocycles. The number of esters is 1. The Labute approximate surface area is 189 Å². The van der Waals surface area contributed by atoms with Crippen molar-refractivity contribution in [2.24, 2.45) is 17.8 Å². The van der Waals surface area contributed by atoms with Gasteiger partial charge in [0.25, 0.3) is 0 Å². The molecule has 2 N–H and O–H groups in total. The summed E-state index contributed by atoms with van der Waals surface area (Å²) in [6, 6.07) is 0. The Morgan fingerprint density at radius 3 is 2.58 bits per heavy atom. The second-order valence-corrected chi connectivity index (χ2v) is 9.85. The van der Waals surface area contributed by atoms with Gasteiger partial charge in [0, 0.05) is 17.9 Å². The molecule has 31 heavy (non-hydrogen) atoms. The number of methoxy groups -OCH3 is 1. The van der Waals surface area contributed by atoms with Crippen LogP contribution in [0.2, 0.25) is 0 Å². The number of Topliss-reactive ketones (excluding diaryl/α,β-unsaturated/α-hetero) is 1. The van der Waals surface area contributed by atoms with Gasteiger partial charge in [0.2, 0.25) is 0 Å². The summed E-state index contributed by atoms with van der Waals surface area (Å²) in [6.45, 7) is 9.55. The first kappa shape index (κ1) is 27.6. The lowest BCUT2D eigenvalue weighted by Crippen LogP contribution is -2.40. The zero-order valence-electron chi connectivity index (χ0n) is 20.4. The Kier molecular flexibility index (Phi) is 13.0. The number of hydrogen-bond acceptors (Lipinski definition) is 5. The first-order valence-corrected chi connectivity index (χ1v) is 12.0. The average Bonchev–Trinajstić information content (AvgIpc) is 3.02. The number of aliphatic hydroxyl groups is 1. The third-order valence-corrected chi connectivity index (χ3v) is 6.00. The number of hydrogen-bond donors (Lipinski definition) is 2. The first-order chi connectivity index (χ1) is 14.7. The van der Waals surface area contributed by atoms with E-state index in [0.29, 0.717) is 37.4 Å². The highest BCUT2D eigenvalue weighted by molar-refractivity contribution is 5.84. The van der Waals surface area contributed by atoms with E-state index in [4.69, 9.17) is 0 Å². The predicted octanol–water partition coefficient (Wildman–Crippen LogP) is 4.98. The molecule has 0 heterocycles. The minimum atomic E-state index is -1.08. The SMILES string of the molecule is CCCCCC/C=C/[C@H]1[C@H](CNC(C)(C)C)CC(=O)[C@@H]1C/C=C\CCC(O)C(=O)OC. The van der Waals surface area contributed by atoms with E-state index in [-0.39, 0.29) is 17.4 Å². The van der Waals surface area contributed by atoms with Crippen LogP contribution in [0.3, 0.4) is 0 Å². The first-order valence-electron chi connectivity index (χ1n) is 12.0. The van der Waals surface area contributed by atoms with E-state index < -0.39 is 12.1 Å². The molecule has 0 bridgehead atoms. The molecule has 0 aliphatic heterocycles. The molecule has 1 aliphatic rings. The smallest absolute Gasteiger partial charge is 0.334 e. The zero-order chi connectivity index (χ0) is 23.3. The Bertz CT molecular complexity index is 591. The highest BCUT2D eigenvalue weighted by atomic mass is 16.5. The lowest BCUT2D eigenvalue weighted by atomic mass is 9.86. The summed E-state index contributed by atoms with van der Waals surface area (Å²) in [5, 5.41) is 13.3. The van der Waals surface area contributed by atoms with Crippen LogP contribution in [0.5, 0.6) is 0 Å². The fraction of sp³-hybridized carbons (Fsp3) is 0.769. The maximum atomic E-state index is 12.8. The van der Waals surface area contributed by atoms with Crippen molar-refractivity contribution in [2.45, 2.75) is 97.1 Å². The third kappa shape index (κ3) is 11.1. The summed E-state index contributed by atoms with van der Waals surface area (Å²) in [6.07, 6.45) is 15.8. The molecule has 1 saturated carbocycles. The molecule has 5 nitrogen and oxygen atoms in total. The summed E-state index contributed by atoms with van der Waals surface area (Å²) >= 11 is 0. The Morgan fingerprint density at radius 1 is 1.19 bits per heavy atom. The predicted molar refractivity (Wildman–Crippen MR) is 127 cm³/mol. The second kappa shape index (κ2) is 14.6. The van der Waals surface area contributed by atoms with Crippen molar-refractivity contribution in [3.05, 3.63) is 24.3 Å². The molecule has 1 unspecified atom stereocenters. The average molecular weight is 436 g/mol. The van der Waals surface area contributed by atoms with Gasteiger partial charge in [-0.2, -0.15) is 0 Å². The summed E-state index contributed by atoms with van der Waals surface area (Å²) in [7, 11) is 1.27. The van der Waals surface area contributed by atoms with Crippen LogP contribution in [-0.2, 0) is 14.3 Å². The van der Waals surface area contributed by atoms with Crippen molar-refractivity contribution in [3.8, 4) is 0 Å². The molecule has 0 aromatic heterocycles. The summed E-state index contributed by atoms with van der Waals surface area (Å²) in [5.74, 6) is 0.357. The van der Waals surface area contributed by atoms with E-state index in [1.54, 1.807) is 0 Å². The number of nitrogens with one attached hydrogen (secondary N) is 1. The second-order valence-electron chi connectivity index (χ2n) is 9.85. The molecule has 0 spiro atoms. The van der Waals surface area contributed by atoms with Crippen LogP contribution < -0.4 is 5.32 Å². The van der Waals surface area contributed by atoms with Gasteiger partial charge in [-0.1, -0.05) is 50.5 Å². The van der Waals surface area contributed by atoms with Gasteiger partial charge in [-0.05, 0) is 71.3 Å². The summed E-state index contributed by atoms with van der Waals surface area (Å²) < 4.78 is 4.53. The maximum absolute atomic E-state index is 12.8. The fourth-order valence-corrected chi connectivity index (χ4v) is 4.13. The fourth-order valence-electron chi connectivity index (χ4n) is 4.13. The van der Waals surface area contributed by atoms with Crippen LogP contribution in [0.25, 0.3) is 0 Å². The van der Waals surface area contributed by atoms with E-state index in [9.17, 15) is 14.7 Å². The molecule has 0 radical (unpaired) electrons. The van der Waals surface area contributed by atoms with Gasteiger partial charge in [-0.25, -0.2) is 4.79 Å². The number of allylic oxidation sites excluding steroid dienone is 4. The number of carbonyl (C=O) groups excluding carboxylic acids is 2. The zero-order valence-corrected chi connectivity index (χ0v) is 20.4. The van der Waals surface area contributed by atoms with Crippen molar-refractivity contribution in [1.82, 2.24) is 5.32 Å². The molecule has 1 rings (SSSR count). The third-order valence-electron chi connectivity index (χ3n) is 6.00. The van der Waals surface area contributed by atoms with E-state index in [1.165, 1.54) is 32.8 Å². The van der Waals surface area contributed by atoms with Crippen molar-refractivity contribution >= 4 is 11.8 Å². The number of rotatable bonds is 14. The molecule has 5 heteroatoms. The van der Waals surface area contributed by atoms with Gasteiger partial charge >= 0.3 is 5.97 Å². The Balaban J connectivity index is 2.67. The summed E-state index contributed by atoms with van der Waals surface area (Å²) in [5.41, 5.74) is 0.0376. The van der Waals surface area contributed by atoms with Gasteiger partial charge in [0.15, 0.2) is 6.10 Å². The lowest BCUT2D eigenvalue weighted by Gasteiger charge is -2.26. The van der Waals surface area contributed by atoms with Crippen LogP contribution in [0, 0.1) is 17.8 Å². The highest BCUT2D eigenvalue weighted by Gasteiger charge is 2.40. The molecule has 0 aromatic carbocycles. The number of carbonyl (C=O) groups is 2. The molecule has 4 atom stereocenters. The largest absolute Gasteiger partial charge is 0.467 e. The monoisotopic (exact) mass is 435 g/mol. The van der Waals surface area contributed by atoms with Crippen LogP contribution in [0.15, 0.2) is 24.3 Å². The molecule has 0 amide bonds. The number of ether oxygens (including phenoxy) is 1. The van der Waals surface area contributed by atoms with Gasteiger partial charge in [0.1, 0.15) is 5.78 Å². The number of aliphatic hydroxyl groups excluding tert-OH is 1. The molecule has 0 aromatic rings. The van der Waals surface area contributed by atoms with Gasteiger partial charge in [-0.3, -0.25) is 4.79 Å². The van der Waals surface area contributed by atoms with Crippen molar-refractivity contribution in [2.75, 3.05) is 13.7 Å². The van der Waals surface area contributed by atoms with E-state index in [2.05, 4.69) is 49.9 Å². The topological polar surface area (TPSA) is 75.6 Å². The Hall–Kier alpha value is -1.46. The van der Waals surface area contributed by atoms with Crippen LogP contribution in [0.1, 0.15) is 85.5 Å². The van der Waals surface area contributed by atoms with Gasteiger partial charge in [-0.15, -0.1) is 0 Å². The molecule has 1 fully saturated rings. The minimum absolute atomic E-state index is 0.0143. The Morgan fingerprint density at radius 2 is 1.94 bits per heavy atom. The lowest BCUT2D eigenvalue weighted by molar-refractivity contribution is -0.150. The number of unbranched alkanes of at least 4 members (excludes halogenated alkanes) is 4. The van der Waals surface area contributed by atoms with Crippen LogP contribution in [-0.4, -0.2) is 42.2 Å². The summed E-state index contributed by atoms with van der Waals surface area (Å²) in [4.78, 5) is 24.1. The standard InChI is InChI=1S/C26H45NO4/c1-6-7-8-9-10-12-15-21-20(19-27-26(2,3)4)18-24(29)22(21)16-13-11-14-17-23(28)25(30)31-5/h11-13,15,20-23,27-28H,6-10,14,16-19H2,1-5H3/b13-11-,15-12+/t20-,21-,22+,23?/m0/s1. The molecule has 0 saturated heterocycles. The molecular weight excluding hydrogens is 390 g/mol. The van der Waals surface area contributed by atoms with Gasteiger partial charge in [0.05, 0.1) is 7.11 Å². The van der Waals surface area contributed by atoms with Crippen LogP contribution >= 0.6 is 0 Å². The normalized spacial score (nSPS) is 23.2.